The summed E-state index contributed by atoms with van der Waals surface area (Å²) in [6.45, 7) is 4.67. The van der Waals surface area contributed by atoms with Crippen LogP contribution in [0.3, 0.4) is 0 Å². The van der Waals surface area contributed by atoms with Crippen molar-refractivity contribution in [2.24, 2.45) is 0 Å². The Kier molecular flexibility index (Phi) is 5.01. The van der Waals surface area contributed by atoms with Crippen molar-refractivity contribution in [2.75, 3.05) is 17.2 Å². The highest BCUT2D eigenvalue weighted by atomic mass is 32.2. The van der Waals surface area contributed by atoms with Crippen LogP contribution >= 0.6 is 0 Å². The molecule has 0 unspecified atom stereocenters. The van der Waals surface area contributed by atoms with E-state index in [0.717, 1.165) is 41.3 Å². The summed E-state index contributed by atoms with van der Waals surface area (Å²) in [5.74, 6) is 1.37. The molecular weight excluding hydrogens is 338 g/mol. The Morgan fingerprint density at radius 1 is 1.08 bits per heavy atom. The van der Waals surface area contributed by atoms with Gasteiger partial charge in [-0.25, -0.2) is 0 Å². The predicted molar refractivity (Wildman–Crippen MR) is 99.8 cm³/mol. The normalized spacial score (nSPS) is 13.2. The maximum absolute atomic E-state index is 11.1. The van der Waals surface area contributed by atoms with Gasteiger partial charge in [0.15, 0.2) is 11.5 Å². The van der Waals surface area contributed by atoms with Gasteiger partial charge in [-0.15, -0.1) is 0 Å². The molecule has 2 aromatic carbocycles. The minimum absolute atomic E-state index is 0.254. The van der Waals surface area contributed by atoms with E-state index >= 15 is 0 Å². The fourth-order valence-electron chi connectivity index (χ4n) is 3.15. The first-order valence-corrected chi connectivity index (χ1v) is 10.2. The van der Waals surface area contributed by atoms with Gasteiger partial charge in [0.1, 0.15) is 0 Å². The second kappa shape index (κ2) is 7.06. The predicted octanol–water partition coefficient (Wildman–Crippen LogP) is 4.33. The number of nitrogens with zero attached hydrogens (tertiary/aromatic N) is 1. The molecule has 0 aliphatic carbocycles. The molecule has 0 amide bonds. The van der Waals surface area contributed by atoms with Crippen LogP contribution in [0.4, 0.5) is 11.4 Å². The average Bonchev–Trinajstić information content (AvgIpc) is 2.59. The molecule has 1 aliphatic rings. The van der Waals surface area contributed by atoms with Gasteiger partial charge in [0.2, 0.25) is 0 Å². The van der Waals surface area contributed by atoms with Crippen molar-refractivity contribution in [3.8, 4) is 11.5 Å². The van der Waals surface area contributed by atoms with Crippen molar-refractivity contribution in [3.63, 3.8) is 0 Å². The van der Waals surface area contributed by atoms with Crippen LogP contribution in [0, 0.1) is 0 Å². The van der Waals surface area contributed by atoms with Crippen molar-refractivity contribution in [3.05, 3.63) is 47.5 Å². The molecule has 0 radical (unpaired) electrons. The first-order valence-electron chi connectivity index (χ1n) is 8.58. The number of hydrogen-bond acceptors (Lipinski definition) is 4. The van der Waals surface area contributed by atoms with Crippen LogP contribution in [0.1, 0.15) is 31.4 Å². The Hall–Kier alpha value is -2.05. The van der Waals surface area contributed by atoms with Crippen LogP contribution in [0.2, 0.25) is 0 Å². The number of anilines is 2. The summed E-state index contributed by atoms with van der Waals surface area (Å²) in [7, 11) is -3.96. The van der Waals surface area contributed by atoms with E-state index in [9.17, 15) is 8.42 Å². The van der Waals surface area contributed by atoms with Gasteiger partial charge in [-0.2, -0.15) is 8.42 Å². The van der Waals surface area contributed by atoms with E-state index in [1.807, 2.05) is 30.3 Å². The van der Waals surface area contributed by atoms with Crippen LogP contribution in [0.5, 0.6) is 11.5 Å². The number of rotatable bonds is 6. The first kappa shape index (κ1) is 17.8. The summed E-state index contributed by atoms with van der Waals surface area (Å²) in [4.78, 5) is 2.08. The highest BCUT2D eigenvalue weighted by Crippen LogP contribution is 2.48. The van der Waals surface area contributed by atoms with E-state index in [1.54, 1.807) is 0 Å². The molecular formula is C19H23NO4S. The molecule has 0 saturated carbocycles. The summed E-state index contributed by atoms with van der Waals surface area (Å²) >= 11 is 0. The minimum Gasteiger partial charge on any atom is -0.453 e. The summed E-state index contributed by atoms with van der Waals surface area (Å²) < 4.78 is 37.3. The Morgan fingerprint density at radius 3 is 2.56 bits per heavy atom. The van der Waals surface area contributed by atoms with Crippen molar-refractivity contribution in [1.82, 2.24) is 0 Å². The third kappa shape index (κ3) is 3.80. The minimum atomic E-state index is -3.96. The summed E-state index contributed by atoms with van der Waals surface area (Å²) in [5, 5.41) is 0. The van der Waals surface area contributed by atoms with Gasteiger partial charge < -0.3 is 9.64 Å². The molecule has 0 bridgehead atoms. The van der Waals surface area contributed by atoms with E-state index < -0.39 is 10.1 Å². The van der Waals surface area contributed by atoms with Crippen molar-refractivity contribution < 1.29 is 17.7 Å². The molecule has 134 valence electrons. The van der Waals surface area contributed by atoms with Gasteiger partial charge >= 0.3 is 0 Å². The van der Waals surface area contributed by atoms with Gasteiger partial charge in [0, 0.05) is 6.54 Å². The molecule has 0 aromatic heterocycles. The molecule has 3 rings (SSSR count). The van der Waals surface area contributed by atoms with Crippen LogP contribution in [-0.2, 0) is 23.0 Å². The lowest BCUT2D eigenvalue weighted by atomic mass is 10.0. The maximum atomic E-state index is 11.1. The Morgan fingerprint density at radius 2 is 1.88 bits per heavy atom. The molecule has 1 heterocycles. The highest BCUT2D eigenvalue weighted by molar-refractivity contribution is 7.85. The van der Waals surface area contributed by atoms with E-state index in [1.165, 1.54) is 5.56 Å². The molecule has 1 N–H and O–H groups in total. The molecule has 2 aromatic rings. The van der Waals surface area contributed by atoms with Crippen LogP contribution in [-0.4, -0.2) is 25.3 Å². The second-order valence-corrected chi connectivity index (χ2v) is 7.74. The fraction of sp³-hybridized carbons (Fsp3) is 0.368. The molecule has 0 fully saturated rings. The van der Waals surface area contributed by atoms with E-state index in [4.69, 9.17) is 9.29 Å². The SMILES string of the molecule is CCc1ccc2c(c1)Oc1c(CC)cccc1N2CCCS(=O)(=O)O. The van der Waals surface area contributed by atoms with E-state index in [0.29, 0.717) is 13.0 Å². The number of aryl methyl sites for hydroxylation is 2. The lowest BCUT2D eigenvalue weighted by Gasteiger charge is -2.34. The largest absolute Gasteiger partial charge is 0.453 e. The molecule has 0 spiro atoms. The maximum Gasteiger partial charge on any atom is 0.264 e. The smallest absolute Gasteiger partial charge is 0.264 e. The number of ether oxygens (including phenoxy) is 1. The van der Waals surface area contributed by atoms with Crippen molar-refractivity contribution in [1.29, 1.82) is 0 Å². The monoisotopic (exact) mass is 361 g/mol. The topological polar surface area (TPSA) is 66.8 Å². The van der Waals surface area contributed by atoms with Gasteiger partial charge in [0.05, 0.1) is 17.1 Å². The molecule has 0 saturated heterocycles. The Labute approximate surface area is 149 Å². The number of para-hydroxylation sites is 1. The molecule has 5 nitrogen and oxygen atoms in total. The van der Waals surface area contributed by atoms with Gasteiger partial charge in [-0.3, -0.25) is 4.55 Å². The van der Waals surface area contributed by atoms with Gasteiger partial charge in [-0.05, 0) is 48.6 Å². The third-order valence-corrected chi connectivity index (χ3v) is 5.27. The Bertz CT molecular complexity index is 877. The molecule has 1 aliphatic heterocycles. The quantitative estimate of drug-likeness (QED) is 0.776. The summed E-state index contributed by atoms with van der Waals surface area (Å²) in [5.41, 5.74) is 4.17. The fourth-order valence-corrected chi connectivity index (χ4v) is 3.64. The van der Waals surface area contributed by atoms with Crippen LogP contribution in [0.15, 0.2) is 36.4 Å². The number of hydrogen-bond donors (Lipinski definition) is 1. The Balaban J connectivity index is 2.01. The second-order valence-electron chi connectivity index (χ2n) is 6.17. The number of fused-ring (bicyclic) bond motifs is 2. The van der Waals surface area contributed by atoms with E-state index in [-0.39, 0.29) is 5.75 Å². The zero-order valence-electron chi connectivity index (χ0n) is 14.5. The van der Waals surface area contributed by atoms with Crippen LogP contribution < -0.4 is 9.64 Å². The molecule has 6 heteroatoms. The molecule has 25 heavy (non-hydrogen) atoms. The standard InChI is InChI=1S/C19H23NO4S/c1-3-14-9-10-16-18(13-14)24-19-15(4-2)7-5-8-17(19)20(16)11-6-12-25(21,22)23/h5,7-10,13H,3-4,6,11-12H2,1-2H3,(H,21,22,23). The van der Waals surface area contributed by atoms with Crippen molar-refractivity contribution in [2.45, 2.75) is 33.1 Å². The number of benzene rings is 2. The highest BCUT2D eigenvalue weighted by Gasteiger charge is 2.26. The summed E-state index contributed by atoms with van der Waals surface area (Å²) in [6.07, 6.45) is 2.11. The zero-order chi connectivity index (χ0) is 18.0. The third-order valence-electron chi connectivity index (χ3n) is 4.47. The zero-order valence-corrected chi connectivity index (χ0v) is 15.3. The van der Waals surface area contributed by atoms with Gasteiger partial charge in [-0.1, -0.05) is 32.0 Å². The lowest BCUT2D eigenvalue weighted by molar-refractivity contribution is 0.466. The summed E-state index contributed by atoms with van der Waals surface area (Å²) in [6, 6.07) is 12.1. The van der Waals surface area contributed by atoms with Crippen molar-refractivity contribution >= 4 is 21.5 Å². The van der Waals surface area contributed by atoms with Gasteiger partial charge in [0.25, 0.3) is 10.1 Å². The first-order chi connectivity index (χ1) is 11.9. The van der Waals surface area contributed by atoms with Crippen LogP contribution in [0.25, 0.3) is 0 Å². The lowest BCUT2D eigenvalue weighted by Crippen LogP contribution is -2.24. The molecule has 0 atom stereocenters. The average molecular weight is 361 g/mol. The van der Waals surface area contributed by atoms with E-state index in [2.05, 4.69) is 24.8 Å².